The molecule has 0 atom stereocenters. The van der Waals surface area contributed by atoms with Crippen LogP contribution in [-0.2, 0) is 30.4 Å². The minimum absolute atomic E-state index is 0.0107. The van der Waals surface area contributed by atoms with Crippen molar-refractivity contribution >= 4 is 29.6 Å². The predicted octanol–water partition coefficient (Wildman–Crippen LogP) is 1.65. The molecule has 1 aromatic heterocycles. The highest BCUT2D eigenvalue weighted by Crippen LogP contribution is 2.26. The Balaban J connectivity index is 2.08. The van der Waals surface area contributed by atoms with E-state index in [9.17, 15) is 19.5 Å². The molecular formula is C18H20N2O7. The average molecular weight is 376 g/mol. The van der Waals surface area contributed by atoms with Crippen LogP contribution in [0.1, 0.15) is 32.3 Å². The zero-order valence-corrected chi connectivity index (χ0v) is 15.2. The lowest BCUT2D eigenvalue weighted by molar-refractivity contribution is -0.154. The molecule has 1 aliphatic rings. The molecule has 9 nitrogen and oxygen atoms in total. The fourth-order valence-electron chi connectivity index (χ4n) is 2.28. The van der Waals surface area contributed by atoms with Crippen molar-refractivity contribution in [3.63, 3.8) is 0 Å². The van der Waals surface area contributed by atoms with Crippen LogP contribution in [0.5, 0.6) is 0 Å². The lowest BCUT2D eigenvalue weighted by atomic mass is 10.1. The van der Waals surface area contributed by atoms with Crippen LogP contribution in [0.25, 0.3) is 6.08 Å². The first-order valence-electron chi connectivity index (χ1n) is 8.29. The topological polar surface area (TPSA) is 127 Å². The molecule has 0 saturated heterocycles. The summed E-state index contributed by atoms with van der Waals surface area (Å²) in [6.07, 6.45) is 1.45. The van der Waals surface area contributed by atoms with Crippen LogP contribution in [0.2, 0.25) is 0 Å². The molecule has 0 aliphatic carbocycles. The Hall–Kier alpha value is -3.36. The molecule has 1 amide bonds. The summed E-state index contributed by atoms with van der Waals surface area (Å²) in [7, 11) is 0. The molecule has 2 N–H and O–H groups in total. The third-order valence-electron chi connectivity index (χ3n) is 3.45. The number of aliphatic hydroxyl groups is 1. The Labute approximate surface area is 155 Å². The van der Waals surface area contributed by atoms with E-state index in [0.29, 0.717) is 17.2 Å². The Morgan fingerprint density at radius 2 is 1.93 bits per heavy atom. The quantitative estimate of drug-likeness (QED) is 0.571. The van der Waals surface area contributed by atoms with Crippen LogP contribution in [0.4, 0.5) is 0 Å². The van der Waals surface area contributed by atoms with Crippen LogP contribution >= 0.6 is 0 Å². The van der Waals surface area contributed by atoms with Gasteiger partial charge < -0.3 is 24.3 Å². The number of carbonyl (C=O) groups excluding carboxylic acids is 3. The summed E-state index contributed by atoms with van der Waals surface area (Å²) < 4.78 is 15.0. The van der Waals surface area contributed by atoms with Crippen molar-refractivity contribution in [2.75, 3.05) is 13.2 Å². The smallest absolute Gasteiger partial charge is 0.396 e. The number of rotatable bonds is 6. The van der Waals surface area contributed by atoms with Gasteiger partial charge in [0.25, 0.3) is 0 Å². The molecule has 1 aliphatic heterocycles. The van der Waals surface area contributed by atoms with Gasteiger partial charge in [0.15, 0.2) is 5.76 Å². The summed E-state index contributed by atoms with van der Waals surface area (Å²) in [6, 6.07) is 3.19. The van der Waals surface area contributed by atoms with Crippen LogP contribution in [-0.4, -0.2) is 41.9 Å². The van der Waals surface area contributed by atoms with Crippen LogP contribution in [0, 0.1) is 0 Å². The van der Waals surface area contributed by atoms with Crippen molar-refractivity contribution in [1.29, 1.82) is 0 Å². The number of hydrogen-bond acceptors (Lipinski definition) is 8. The Morgan fingerprint density at radius 3 is 2.59 bits per heavy atom. The number of aliphatic imine (C=N–C) groups is 1. The van der Waals surface area contributed by atoms with Gasteiger partial charge in [-0.25, -0.2) is 14.6 Å². The number of nitrogens with zero attached hydrogens (tertiary/aromatic N) is 1. The van der Waals surface area contributed by atoms with Crippen molar-refractivity contribution in [3.05, 3.63) is 40.7 Å². The first kappa shape index (κ1) is 20.0. The number of furan rings is 1. The van der Waals surface area contributed by atoms with Gasteiger partial charge in [-0.05, 0) is 32.9 Å². The lowest BCUT2D eigenvalue weighted by Crippen LogP contribution is -2.31. The third-order valence-corrected chi connectivity index (χ3v) is 3.45. The van der Waals surface area contributed by atoms with E-state index in [-0.39, 0.29) is 36.8 Å². The molecule has 0 radical (unpaired) electrons. The van der Waals surface area contributed by atoms with Gasteiger partial charge in [-0.15, -0.1) is 0 Å². The fourth-order valence-corrected chi connectivity index (χ4v) is 2.28. The molecule has 1 aromatic rings. The van der Waals surface area contributed by atoms with Crippen molar-refractivity contribution in [2.24, 2.45) is 4.99 Å². The minimum atomic E-state index is -0.969. The van der Waals surface area contributed by atoms with Crippen LogP contribution in [0.15, 0.2) is 38.6 Å². The van der Waals surface area contributed by atoms with Gasteiger partial charge in [0.2, 0.25) is 0 Å². The summed E-state index contributed by atoms with van der Waals surface area (Å²) >= 11 is 0. The summed E-state index contributed by atoms with van der Waals surface area (Å²) in [5.74, 6) is -2.06. The van der Waals surface area contributed by atoms with Gasteiger partial charge in [-0.3, -0.25) is 4.79 Å². The van der Waals surface area contributed by atoms with E-state index in [0.717, 1.165) is 0 Å². The molecular weight excluding hydrogens is 356 g/mol. The van der Waals surface area contributed by atoms with Gasteiger partial charge in [0, 0.05) is 6.08 Å². The van der Waals surface area contributed by atoms with Crippen LogP contribution < -0.4 is 5.32 Å². The number of ether oxygens (including phenoxy) is 2. The maximum absolute atomic E-state index is 11.9. The maximum Gasteiger partial charge on any atom is 0.396 e. The molecule has 0 fully saturated rings. The van der Waals surface area contributed by atoms with Crippen molar-refractivity contribution in [1.82, 2.24) is 5.32 Å². The number of esters is 2. The molecule has 144 valence electrons. The standard InChI is InChI=1S/C18H20N2O7/c1-4-25-17(23)14-10(3)20-13(15(14)21)8-11-6-7-12(27-11)9-19-16(22)18(24)26-5-2/h6-8,21H,4-5,9H2,1-3H3,(H,19,22)/b13-8+. The SMILES string of the molecule is CCOC(=O)C(=O)NCc1ccc(/C=C2/N=C(C)C(C(=O)OCC)=C2O)o1. The second-order valence-corrected chi connectivity index (χ2v) is 5.38. The maximum atomic E-state index is 11.9. The molecule has 9 heteroatoms. The molecule has 0 aromatic carbocycles. The molecule has 0 unspecified atom stereocenters. The van der Waals surface area contributed by atoms with E-state index in [4.69, 9.17) is 9.15 Å². The molecule has 0 bridgehead atoms. The Bertz CT molecular complexity index is 846. The molecule has 2 rings (SSSR count). The highest BCUT2D eigenvalue weighted by Gasteiger charge is 2.27. The second-order valence-electron chi connectivity index (χ2n) is 5.38. The van der Waals surface area contributed by atoms with Gasteiger partial charge in [0.05, 0.1) is 25.5 Å². The first-order chi connectivity index (χ1) is 12.9. The number of nitrogens with one attached hydrogen (secondary N) is 1. The van der Waals surface area contributed by atoms with Gasteiger partial charge in [0.1, 0.15) is 22.8 Å². The molecule has 0 spiro atoms. The highest BCUT2D eigenvalue weighted by atomic mass is 16.5. The number of amides is 1. The molecule has 2 heterocycles. The van der Waals surface area contributed by atoms with Gasteiger partial charge >= 0.3 is 17.8 Å². The lowest BCUT2D eigenvalue weighted by Gasteiger charge is -2.02. The van der Waals surface area contributed by atoms with E-state index < -0.39 is 17.8 Å². The predicted molar refractivity (Wildman–Crippen MR) is 94.6 cm³/mol. The van der Waals surface area contributed by atoms with E-state index >= 15 is 0 Å². The number of aliphatic hydroxyl groups excluding tert-OH is 1. The fraction of sp³-hybridized carbons (Fsp3) is 0.333. The summed E-state index contributed by atoms with van der Waals surface area (Å²) in [5, 5.41) is 12.6. The van der Waals surface area contributed by atoms with Gasteiger partial charge in [-0.2, -0.15) is 0 Å². The average Bonchev–Trinajstić information content (AvgIpc) is 3.17. The van der Waals surface area contributed by atoms with Crippen molar-refractivity contribution in [3.8, 4) is 0 Å². The summed E-state index contributed by atoms with van der Waals surface area (Å²) in [6.45, 7) is 5.12. The normalized spacial score (nSPS) is 14.9. The number of hydrogen-bond donors (Lipinski definition) is 2. The second kappa shape index (κ2) is 8.84. The van der Waals surface area contributed by atoms with E-state index in [2.05, 4.69) is 15.0 Å². The van der Waals surface area contributed by atoms with E-state index in [1.807, 2.05) is 0 Å². The third kappa shape index (κ3) is 4.84. The van der Waals surface area contributed by atoms with Crippen molar-refractivity contribution < 1.29 is 33.4 Å². The number of carbonyl (C=O) groups is 3. The van der Waals surface area contributed by atoms with Crippen LogP contribution in [0.3, 0.4) is 0 Å². The van der Waals surface area contributed by atoms with Gasteiger partial charge in [-0.1, -0.05) is 0 Å². The zero-order chi connectivity index (χ0) is 20.0. The highest BCUT2D eigenvalue weighted by molar-refractivity contribution is 6.32. The summed E-state index contributed by atoms with van der Waals surface area (Å²) in [4.78, 5) is 38.7. The minimum Gasteiger partial charge on any atom is -0.505 e. The van der Waals surface area contributed by atoms with E-state index in [1.165, 1.54) is 6.08 Å². The Morgan fingerprint density at radius 1 is 1.22 bits per heavy atom. The van der Waals surface area contributed by atoms with E-state index in [1.54, 1.807) is 32.9 Å². The largest absolute Gasteiger partial charge is 0.505 e. The Kier molecular flexibility index (Phi) is 6.53. The molecule has 27 heavy (non-hydrogen) atoms. The zero-order valence-electron chi connectivity index (χ0n) is 15.2. The summed E-state index contributed by atoms with van der Waals surface area (Å²) in [5.41, 5.74) is 0.509. The van der Waals surface area contributed by atoms with Crippen molar-refractivity contribution in [2.45, 2.75) is 27.3 Å². The first-order valence-corrected chi connectivity index (χ1v) is 8.29. The molecule has 0 saturated carbocycles. The monoisotopic (exact) mass is 376 g/mol.